The van der Waals surface area contributed by atoms with Gasteiger partial charge in [0.15, 0.2) is 0 Å². The minimum absolute atomic E-state index is 0.272. The van der Waals surface area contributed by atoms with Gasteiger partial charge in [0.25, 0.3) is 0 Å². The highest BCUT2D eigenvalue weighted by molar-refractivity contribution is 4.56. The maximum atomic E-state index is 8.22. The molecule has 1 atom stereocenters. The largest absolute Gasteiger partial charge is 0.375 e. The van der Waals surface area contributed by atoms with Crippen LogP contribution in [0.3, 0.4) is 0 Å². The van der Waals surface area contributed by atoms with Crippen LogP contribution < -0.4 is 0 Å². The van der Waals surface area contributed by atoms with Gasteiger partial charge in [0, 0.05) is 12.0 Å². The Labute approximate surface area is 86.3 Å². The predicted molar refractivity (Wildman–Crippen MR) is 57.9 cm³/mol. The minimum atomic E-state index is -0.272. The number of hydrogen-bond acceptors (Lipinski definition) is 2. The van der Waals surface area contributed by atoms with E-state index in [1.165, 1.54) is 32.1 Å². The Bertz CT molecular complexity index is 167. The number of rotatable bonds is 9. The molecule has 0 amide bonds. The fourth-order valence-electron chi connectivity index (χ4n) is 1.38. The van der Waals surface area contributed by atoms with E-state index in [-0.39, 0.29) is 6.23 Å². The minimum Gasteiger partial charge on any atom is -0.375 e. The van der Waals surface area contributed by atoms with Crippen LogP contribution in [0.5, 0.6) is 0 Å². The summed E-state index contributed by atoms with van der Waals surface area (Å²) in [6.07, 6.45) is 8.06. The molecule has 0 saturated carbocycles. The highest BCUT2D eigenvalue weighted by Crippen LogP contribution is 2.10. The van der Waals surface area contributed by atoms with Crippen LogP contribution in [0.25, 0.3) is 10.4 Å². The van der Waals surface area contributed by atoms with Gasteiger partial charge in [-0.15, -0.1) is 0 Å². The summed E-state index contributed by atoms with van der Waals surface area (Å²) in [7, 11) is 1.58. The van der Waals surface area contributed by atoms with Crippen LogP contribution in [0, 0.1) is 0 Å². The molecule has 4 nitrogen and oxygen atoms in total. The number of ether oxygens (including phenoxy) is 1. The van der Waals surface area contributed by atoms with Gasteiger partial charge in [-0.05, 0) is 12.0 Å². The molecule has 0 spiro atoms. The number of nitrogens with zero attached hydrogens (tertiary/aromatic N) is 3. The van der Waals surface area contributed by atoms with Gasteiger partial charge >= 0.3 is 0 Å². The first-order valence-corrected chi connectivity index (χ1v) is 5.42. The van der Waals surface area contributed by atoms with Crippen molar-refractivity contribution in [1.29, 1.82) is 0 Å². The zero-order valence-corrected chi connectivity index (χ0v) is 9.28. The van der Waals surface area contributed by atoms with Gasteiger partial charge in [0.2, 0.25) is 0 Å². The molecular weight excluding hydrogens is 178 g/mol. The molecule has 1 unspecified atom stereocenters. The Morgan fingerprint density at radius 2 is 1.86 bits per heavy atom. The summed E-state index contributed by atoms with van der Waals surface area (Å²) in [6, 6.07) is 0. The molecule has 0 bridgehead atoms. The molecule has 14 heavy (non-hydrogen) atoms. The molecule has 0 aromatic carbocycles. The molecule has 0 rings (SSSR count). The molecule has 0 fully saturated rings. The number of azide groups is 1. The second kappa shape index (κ2) is 10.4. The van der Waals surface area contributed by atoms with Crippen molar-refractivity contribution in [3.8, 4) is 0 Å². The van der Waals surface area contributed by atoms with E-state index in [1.807, 2.05) is 0 Å². The lowest BCUT2D eigenvalue weighted by Crippen LogP contribution is -2.05. The second-order valence-electron chi connectivity index (χ2n) is 3.45. The van der Waals surface area contributed by atoms with E-state index >= 15 is 0 Å². The third-order valence-electron chi connectivity index (χ3n) is 2.26. The smallest absolute Gasteiger partial charge is 0.136 e. The summed E-state index contributed by atoms with van der Waals surface area (Å²) < 4.78 is 5.00. The molecule has 0 heterocycles. The zero-order chi connectivity index (χ0) is 10.6. The molecule has 0 saturated heterocycles. The van der Waals surface area contributed by atoms with Gasteiger partial charge in [0.1, 0.15) is 6.23 Å². The van der Waals surface area contributed by atoms with Crippen molar-refractivity contribution >= 4 is 0 Å². The Balaban J connectivity index is 3.28. The number of unbranched alkanes of at least 4 members (excludes halogenated alkanes) is 5. The summed E-state index contributed by atoms with van der Waals surface area (Å²) in [5.74, 6) is 0. The average molecular weight is 199 g/mol. The SMILES string of the molecule is CCCCCCCCC(N=[N+]=[N-])OC. The fraction of sp³-hybridized carbons (Fsp3) is 1.00. The van der Waals surface area contributed by atoms with Gasteiger partial charge in [-0.3, -0.25) is 0 Å². The quantitative estimate of drug-likeness (QED) is 0.239. The van der Waals surface area contributed by atoms with E-state index in [0.717, 1.165) is 12.8 Å². The third-order valence-corrected chi connectivity index (χ3v) is 2.26. The molecule has 0 aliphatic heterocycles. The first-order valence-electron chi connectivity index (χ1n) is 5.42. The number of hydrogen-bond donors (Lipinski definition) is 0. The Kier molecular flexibility index (Phi) is 9.81. The molecule has 0 aliphatic carbocycles. The maximum Gasteiger partial charge on any atom is 0.136 e. The normalized spacial score (nSPS) is 12.1. The molecule has 82 valence electrons. The fourth-order valence-corrected chi connectivity index (χ4v) is 1.38. The van der Waals surface area contributed by atoms with Crippen molar-refractivity contribution in [1.82, 2.24) is 0 Å². The molecule has 0 aromatic heterocycles. The Hall–Kier alpha value is -0.730. The topological polar surface area (TPSA) is 58.0 Å². The summed E-state index contributed by atoms with van der Waals surface area (Å²) >= 11 is 0. The van der Waals surface area contributed by atoms with Crippen LogP contribution >= 0.6 is 0 Å². The zero-order valence-electron chi connectivity index (χ0n) is 9.28. The van der Waals surface area contributed by atoms with E-state index in [4.69, 9.17) is 10.3 Å². The molecule has 0 radical (unpaired) electrons. The first-order chi connectivity index (χ1) is 6.85. The van der Waals surface area contributed by atoms with E-state index in [1.54, 1.807) is 7.11 Å². The highest BCUT2D eigenvalue weighted by atomic mass is 16.5. The highest BCUT2D eigenvalue weighted by Gasteiger charge is 2.02. The molecular formula is C10H21N3O. The van der Waals surface area contributed by atoms with E-state index in [2.05, 4.69) is 16.9 Å². The van der Waals surface area contributed by atoms with Gasteiger partial charge in [-0.25, -0.2) is 0 Å². The lowest BCUT2D eigenvalue weighted by Gasteiger charge is -2.07. The van der Waals surface area contributed by atoms with Gasteiger partial charge in [0.05, 0.1) is 0 Å². The van der Waals surface area contributed by atoms with Crippen molar-refractivity contribution in [2.24, 2.45) is 5.11 Å². The van der Waals surface area contributed by atoms with Crippen molar-refractivity contribution in [3.05, 3.63) is 10.4 Å². The van der Waals surface area contributed by atoms with Crippen molar-refractivity contribution < 1.29 is 4.74 Å². The molecule has 0 aromatic rings. The summed E-state index contributed by atoms with van der Waals surface area (Å²) in [5, 5.41) is 3.53. The van der Waals surface area contributed by atoms with Crippen molar-refractivity contribution in [2.75, 3.05) is 7.11 Å². The molecule has 0 N–H and O–H groups in total. The standard InChI is InChI=1S/C10H21N3O/c1-3-4-5-6-7-8-9-10(14-2)12-13-11/h10H,3-9H2,1-2H3. The summed E-state index contributed by atoms with van der Waals surface area (Å²) in [6.45, 7) is 2.21. The lowest BCUT2D eigenvalue weighted by molar-refractivity contribution is 0.0986. The van der Waals surface area contributed by atoms with Crippen LogP contribution in [0.15, 0.2) is 5.11 Å². The van der Waals surface area contributed by atoms with Crippen LogP contribution in [0.4, 0.5) is 0 Å². The molecule has 4 heteroatoms. The Morgan fingerprint density at radius 3 is 2.43 bits per heavy atom. The monoisotopic (exact) mass is 199 g/mol. The van der Waals surface area contributed by atoms with Gasteiger partial charge in [-0.2, -0.15) is 0 Å². The first kappa shape index (κ1) is 13.3. The summed E-state index contributed by atoms with van der Waals surface area (Å²) in [4.78, 5) is 2.74. The van der Waals surface area contributed by atoms with Crippen LogP contribution in [-0.2, 0) is 4.74 Å². The number of methoxy groups -OCH3 is 1. The third kappa shape index (κ3) is 7.90. The van der Waals surface area contributed by atoms with Crippen LogP contribution in [0.1, 0.15) is 51.9 Å². The van der Waals surface area contributed by atoms with Crippen LogP contribution in [0.2, 0.25) is 0 Å². The second-order valence-corrected chi connectivity index (χ2v) is 3.45. The van der Waals surface area contributed by atoms with Crippen molar-refractivity contribution in [2.45, 2.75) is 58.1 Å². The Morgan fingerprint density at radius 1 is 1.21 bits per heavy atom. The van der Waals surface area contributed by atoms with Crippen molar-refractivity contribution in [3.63, 3.8) is 0 Å². The van der Waals surface area contributed by atoms with Crippen LogP contribution in [-0.4, -0.2) is 13.3 Å². The average Bonchev–Trinajstić information content (AvgIpc) is 2.21. The van der Waals surface area contributed by atoms with Gasteiger partial charge in [-0.1, -0.05) is 50.6 Å². The lowest BCUT2D eigenvalue weighted by atomic mass is 10.1. The molecule has 0 aliphatic rings. The van der Waals surface area contributed by atoms with E-state index in [9.17, 15) is 0 Å². The summed E-state index contributed by atoms with van der Waals surface area (Å²) in [5.41, 5.74) is 8.22. The predicted octanol–water partition coefficient (Wildman–Crippen LogP) is 4.02. The maximum absolute atomic E-state index is 8.22. The van der Waals surface area contributed by atoms with E-state index < -0.39 is 0 Å². The van der Waals surface area contributed by atoms with Gasteiger partial charge < -0.3 is 4.74 Å². The van der Waals surface area contributed by atoms with E-state index in [0.29, 0.717) is 0 Å².